The number of hydrogen-bond acceptors (Lipinski definition) is 6. The van der Waals surface area contributed by atoms with Gasteiger partial charge in [-0.25, -0.2) is 0 Å². The topological polar surface area (TPSA) is 93.9 Å². The second kappa shape index (κ2) is 8.26. The van der Waals surface area contributed by atoms with Gasteiger partial charge >= 0.3 is 0 Å². The first-order chi connectivity index (χ1) is 13.4. The molecule has 28 heavy (non-hydrogen) atoms. The van der Waals surface area contributed by atoms with Gasteiger partial charge in [0, 0.05) is 36.6 Å². The van der Waals surface area contributed by atoms with Gasteiger partial charge in [0.2, 0.25) is 0 Å². The van der Waals surface area contributed by atoms with Crippen molar-refractivity contribution in [1.29, 1.82) is 0 Å². The number of nitro groups is 1. The van der Waals surface area contributed by atoms with Crippen LogP contribution in [0, 0.1) is 10.1 Å². The highest BCUT2D eigenvalue weighted by molar-refractivity contribution is 6.06. The first-order valence-corrected chi connectivity index (χ1v) is 9.01. The second-order valence-corrected chi connectivity index (χ2v) is 6.80. The number of nitrogens with one attached hydrogen (secondary N) is 1. The van der Waals surface area contributed by atoms with Crippen molar-refractivity contribution in [2.45, 2.75) is 26.1 Å². The van der Waals surface area contributed by atoms with E-state index in [1.54, 1.807) is 0 Å². The number of methoxy groups -OCH3 is 1. The maximum atomic E-state index is 12.6. The number of carbonyl (C=O) groups excluding carboxylic acids is 1. The summed E-state index contributed by atoms with van der Waals surface area (Å²) in [6.07, 6.45) is 0.314. The molecule has 3 rings (SSSR count). The molecule has 2 aromatic rings. The summed E-state index contributed by atoms with van der Waals surface area (Å²) in [5, 5.41) is 13.7. The Kier molecular flexibility index (Phi) is 5.79. The quantitative estimate of drug-likeness (QED) is 0.626. The molecule has 0 radical (unpaired) electrons. The number of anilines is 2. The van der Waals surface area contributed by atoms with E-state index in [2.05, 4.69) is 10.2 Å². The number of hydrogen-bond donors (Lipinski definition) is 1. The fourth-order valence-corrected chi connectivity index (χ4v) is 3.33. The summed E-state index contributed by atoms with van der Waals surface area (Å²) in [7, 11) is 1.41. The third kappa shape index (κ3) is 4.40. The largest absolute Gasteiger partial charge is 0.496 e. The van der Waals surface area contributed by atoms with Crippen molar-refractivity contribution in [3.05, 3.63) is 58.1 Å². The highest BCUT2D eigenvalue weighted by Gasteiger charge is 2.22. The number of carbonyl (C=O) groups is 1. The van der Waals surface area contributed by atoms with Crippen LogP contribution < -0.4 is 15.0 Å². The first-order valence-electron chi connectivity index (χ1n) is 9.01. The molecule has 8 heteroatoms. The predicted molar refractivity (Wildman–Crippen MR) is 106 cm³/mol. The van der Waals surface area contributed by atoms with Crippen molar-refractivity contribution in [2.75, 3.05) is 30.4 Å². The summed E-state index contributed by atoms with van der Waals surface area (Å²) in [5.41, 5.74) is 1.58. The highest BCUT2D eigenvalue weighted by atomic mass is 16.6. The molecule has 1 fully saturated rings. The van der Waals surface area contributed by atoms with Crippen molar-refractivity contribution >= 4 is 23.0 Å². The molecule has 1 aliphatic rings. The normalized spacial score (nSPS) is 19.2. The zero-order chi connectivity index (χ0) is 20.3. The summed E-state index contributed by atoms with van der Waals surface area (Å²) in [4.78, 5) is 25.3. The Bertz CT molecular complexity index is 859. The van der Waals surface area contributed by atoms with E-state index < -0.39 is 10.8 Å². The number of non-ortho nitro benzene ring substituents is 1. The minimum absolute atomic E-state index is 0.108. The summed E-state index contributed by atoms with van der Waals surface area (Å²) in [5.74, 6) is -0.196. The second-order valence-electron chi connectivity index (χ2n) is 6.80. The van der Waals surface area contributed by atoms with E-state index in [0.29, 0.717) is 5.69 Å². The lowest BCUT2D eigenvalue weighted by atomic mass is 10.1. The summed E-state index contributed by atoms with van der Waals surface area (Å²) >= 11 is 0. The van der Waals surface area contributed by atoms with E-state index in [-0.39, 0.29) is 29.2 Å². The molecule has 8 nitrogen and oxygen atoms in total. The van der Waals surface area contributed by atoms with Crippen LogP contribution in [0.5, 0.6) is 5.75 Å². The van der Waals surface area contributed by atoms with Gasteiger partial charge in [0.05, 0.1) is 29.8 Å². The van der Waals surface area contributed by atoms with E-state index in [1.807, 2.05) is 38.1 Å². The van der Waals surface area contributed by atoms with Crippen LogP contribution in [0.4, 0.5) is 17.1 Å². The van der Waals surface area contributed by atoms with Gasteiger partial charge in [-0.3, -0.25) is 14.9 Å². The minimum atomic E-state index is -0.546. The molecule has 0 spiro atoms. The van der Waals surface area contributed by atoms with Gasteiger partial charge in [-0.05, 0) is 44.2 Å². The molecule has 1 N–H and O–H groups in total. The van der Waals surface area contributed by atoms with E-state index in [4.69, 9.17) is 9.47 Å². The smallest absolute Gasteiger partial charge is 0.270 e. The Morgan fingerprint density at radius 2 is 1.82 bits per heavy atom. The molecule has 148 valence electrons. The van der Waals surface area contributed by atoms with Crippen molar-refractivity contribution < 1.29 is 19.2 Å². The standard InChI is InChI=1S/C20H23N3O5/c1-13-11-22(12-14(2)28-13)16-6-4-15(5-7-16)21-20(24)18-10-17(23(25)26)8-9-19(18)27-3/h4-10,13-14H,11-12H2,1-3H3,(H,21,24). The van der Waals surface area contributed by atoms with Crippen LogP contribution in [-0.2, 0) is 4.74 Å². The molecule has 1 aliphatic heterocycles. The van der Waals surface area contributed by atoms with E-state index >= 15 is 0 Å². The number of morpholine rings is 1. The summed E-state index contributed by atoms with van der Waals surface area (Å²) in [6, 6.07) is 11.4. The molecular weight excluding hydrogens is 362 g/mol. The average molecular weight is 385 g/mol. The number of benzene rings is 2. The molecule has 0 aliphatic carbocycles. The van der Waals surface area contributed by atoms with E-state index in [0.717, 1.165) is 18.8 Å². The number of nitrogens with zero attached hydrogens (tertiary/aromatic N) is 2. The summed E-state index contributed by atoms with van der Waals surface area (Å²) < 4.78 is 10.9. The van der Waals surface area contributed by atoms with E-state index in [9.17, 15) is 14.9 Å². The summed E-state index contributed by atoms with van der Waals surface area (Å²) in [6.45, 7) is 5.70. The Labute approximate surface area is 163 Å². The van der Waals surface area contributed by atoms with Gasteiger partial charge in [0.25, 0.3) is 11.6 Å². The maximum Gasteiger partial charge on any atom is 0.270 e. The number of nitro benzene ring substituents is 1. The molecular formula is C20H23N3O5. The SMILES string of the molecule is COc1ccc([N+](=O)[O-])cc1C(=O)Nc1ccc(N2CC(C)OC(C)C2)cc1. The van der Waals surface area contributed by atoms with Crippen molar-refractivity contribution in [3.63, 3.8) is 0 Å². The molecule has 1 amide bonds. The van der Waals surface area contributed by atoms with Crippen LogP contribution >= 0.6 is 0 Å². The fourth-order valence-electron chi connectivity index (χ4n) is 3.33. The van der Waals surface area contributed by atoms with Crippen molar-refractivity contribution in [3.8, 4) is 5.75 Å². The van der Waals surface area contributed by atoms with Crippen LogP contribution in [0.2, 0.25) is 0 Å². The molecule has 0 saturated carbocycles. The van der Waals surface area contributed by atoms with Crippen LogP contribution in [0.1, 0.15) is 24.2 Å². The van der Waals surface area contributed by atoms with Gasteiger partial charge < -0.3 is 19.7 Å². The molecule has 2 aromatic carbocycles. The lowest BCUT2D eigenvalue weighted by molar-refractivity contribution is -0.384. The van der Waals surface area contributed by atoms with Gasteiger partial charge in [-0.2, -0.15) is 0 Å². The van der Waals surface area contributed by atoms with Gasteiger partial charge in [0.1, 0.15) is 5.75 Å². The van der Waals surface area contributed by atoms with E-state index in [1.165, 1.54) is 25.3 Å². The van der Waals surface area contributed by atoms with Crippen LogP contribution in [0.25, 0.3) is 0 Å². The third-order valence-corrected chi connectivity index (χ3v) is 4.55. The Morgan fingerprint density at radius 3 is 2.39 bits per heavy atom. The average Bonchev–Trinajstić information content (AvgIpc) is 2.67. The monoisotopic (exact) mass is 385 g/mol. The van der Waals surface area contributed by atoms with Gasteiger partial charge in [0.15, 0.2) is 0 Å². The zero-order valence-corrected chi connectivity index (χ0v) is 16.0. The maximum absolute atomic E-state index is 12.6. The zero-order valence-electron chi connectivity index (χ0n) is 16.0. The molecule has 1 heterocycles. The first kappa shape index (κ1) is 19.6. The minimum Gasteiger partial charge on any atom is -0.496 e. The lowest BCUT2D eigenvalue weighted by Crippen LogP contribution is -2.45. The van der Waals surface area contributed by atoms with Crippen molar-refractivity contribution in [2.24, 2.45) is 0 Å². The fraction of sp³-hybridized carbons (Fsp3) is 0.350. The van der Waals surface area contributed by atoms with Crippen molar-refractivity contribution in [1.82, 2.24) is 0 Å². The van der Waals surface area contributed by atoms with Gasteiger partial charge in [-0.1, -0.05) is 0 Å². The number of ether oxygens (including phenoxy) is 2. The van der Waals surface area contributed by atoms with Crippen LogP contribution in [0.3, 0.4) is 0 Å². The van der Waals surface area contributed by atoms with Gasteiger partial charge in [-0.15, -0.1) is 0 Å². The Morgan fingerprint density at radius 1 is 1.18 bits per heavy atom. The predicted octanol–water partition coefficient (Wildman–Crippen LogP) is 3.47. The molecule has 0 aromatic heterocycles. The lowest BCUT2D eigenvalue weighted by Gasteiger charge is -2.36. The molecule has 1 saturated heterocycles. The Balaban J connectivity index is 1.74. The third-order valence-electron chi connectivity index (χ3n) is 4.55. The van der Waals surface area contributed by atoms with Crippen LogP contribution in [0.15, 0.2) is 42.5 Å². The molecule has 2 unspecified atom stereocenters. The van der Waals surface area contributed by atoms with Crippen LogP contribution in [-0.4, -0.2) is 43.2 Å². The Hall–Kier alpha value is -3.13. The number of amides is 1. The molecule has 0 bridgehead atoms. The number of rotatable bonds is 5. The highest BCUT2D eigenvalue weighted by Crippen LogP contribution is 2.26. The molecule has 2 atom stereocenters.